The van der Waals surface area contributed by atoms with E-state index in [0.717, 1.165) is 35.4 Å². The average molecular weight is 659 g/mol. The van der Waals surface area contributed by atoms with Crippen LogP contribution in [-0.2, 0) is 20.2 Å². The van der Waals surface area contributed by atoms with E-state index in [4.69, 9.17) is 17.2 Å². The second-order valence-corrected chi connectivity index (χ2v) is 13.1. The normalized spacial score (nSPS) is 12.0. The maximum Gasteiger partial charge on any atom is 0.339 e. The lowest BCUT2D eigenvalue weighted by molar-refractivity contribution is 0.104. The summed E-state index contributed by atoms with van der Waals surface area (Å²) in [6.45, 7) is 3.54. The number of benzene rings is 3. The lowest BCUT2D eigenvalue weighted by atomic mass is 10.0. The van der Waals surface area contributed by atoms with Crippen LogP contribution in [0.25, 0.3) is 12.2 Å². The molecule has 0 aliphatic rings. The number of carbonyl (C=O) groups is 2. The fourth-order valence-corrected chi connectivity index (χ4v) is 5.97. The topological polar surface area (TPSA) is 147 Å². The molecular weight excluding hydrogens is 632 g/mol. The number of rotatable bonds is 12. The van der Waals surface area contributed by atoms with Gasteiger partial charge in [-0.3, -0.25) is 9.59 Å². The standard InChI is InChI=1S/C34H26O10S2/c1-23-7-13-27(14-8-23)45(37,38)43-33-22-34(44-46(39,40)28-15-9-24(2)10-16-28)30(32(36)18-12-26-6-4-20-42-26)21-29(33)31(35)17-11-25-5-3-19-41-25/h3-22H,1-2H3. The van der Waals surface area contributed by atoms with Crippen molar-refractivity contribution in [2.45, 2.75) is 23.6 Å². The quantitative estimate of drug-likeness (QED) is 0.0795. The fourth-order valence-electron chi connectivity index (χ4n) is 4.09. The Balaban J connectivity index is 1.66. The minimum absolute atomic E-state index is 0.223. The minimum atomic E-state index is -4.55. The molecular formula is C34H26O10S2. The van der Waals surface area contributed by atoms with Crippen LogP contribution < -0.4 is 8.37 Å². The van der Waals surface area contributed by atoms with Gasteiger partial charge in [-0.05, 0) is 92.7 Å². The van der Waals surface area contributed by atoms with Gasteiger partial charge in [0, 0.05) is 6.07 Å². The Morgan fingerprint density at radius 2 is 0.978 bits per heavy atom. The minimum Gasteiger partial charge on any atom is -0.465 e. The third kappa shape index (κ3) is 7.60. The van der Waals surface area contributed by atoms with Gasteiger partial charge in [0.15, 0.2) is 23.1 Å². The molecule has 5 aromatic rings. The summed E-state index contributed by atoms with van der Waals surface area (Å²) < 4.78 is 74.6. The molecule has 0 atom stereocenters. The van der Waals surface area contributed by atoms with Crippen LogP contribution in [0.1, 0.15) is 43.4 Å². The predicted molar refractivity (Wildman–Crippen MR) is 169 cm³/mol. The van der Waals surface area contributed by atoms with Crippen LogP contribution in [0.15, 0.2) is 128 Å². The zero-order valence-electron chi connectivity index (χ0n) is 24.4. The zero-order valence-corrected chi connectivity index (χ0v) is 26.1. The molecule has 0 N–H and O–H groups in total. The summed E-state index contributed by atoms with van der Waals surface area (Å²) in [6.07, 6.45) is 7.66. The van der Waals surface area contributed by atoms with Gasteiger partial charge in [-0.15, -0.1) is 0 Å². The van der Waals surface area contributed by atoms with Crippen LogP contribution in [0.4, 0.5) is 0 Å². The maximum absolute atomic E-state index is 13.5. The molecule has 10 nitrogen and oxygen atoms in total. The largest absolute Gasteiger partial charge is 0.465 e. The van der Waals surface area contributed by atoms with E-state index in [1.807, 2.05) is 0 Å². The molecule has 0 saturated carbocycles. The molecule has 0 radical (unpaired) electrons. The predicted octanol–water partition coefficient (Wildman–Crippen LogP) is 6.82. The highest BCUT2D eigenvalue weighted by molar-refractivity contribution is 7.87. The molecule has 12 heteroatoms. The van der Waals surface area contributed by atoms with Crippen LogP contribution in [0.2, 0.25) is 0 Å². The summed E-state index contributed by atoms with van der Waals surface area (Å²) in [5.41, 5.74) is 0.849. The van der Waals surface area contributed by atoms with Gasteiger partial charge in [0.2, 0.25) is 0 Å². The van der Waals surface area contributed by atoms with Gasteiger partial charge in [0.05, 0.1) is 23.7 Å². The Kier molecular flexibility index (Phi) is 9.21. The average Bonchev–Trinajstić information content (AvgIpc) is 3.74. The van der Waals surface area contributed by atoms with Crippen molar-refractivity contribution in [2.24, 2.45) is 0 Å². The molecule has 0 saturated heterocycles. The molecule has 0 unspecified atom stereocenters. The van der Waals surface area contributed by atoms with Gasteiger partial charge >= 0.3 is 20.2 Å². The first-order valence-corrected chi connectivity index (χ1v) is 16.5. The summed E-state index contributed by atoms with van der Waals surface area (Å²) in [4.78, 5) is 26.5. The first-order valence-electron chi connectivity index (χ1n) is 13.6. The van der Waals surface area contributed by atoms with Gasteiger partial charge < -0.3 is 17.2 Å². The Labute approximate surface area is 265 Å². The van der Waals surface area contributed by atoms with E-state index in [9.17, 15) is 26.4 Å². The lowest BCUT2D eigenvalue weighted by Crippen LogP contribution is -2.16. The smallest absolute Gasteiger partial charge is 0.339 e. The number of hydrogen-bond donors (Lipinski definition) is 0. The number of hydrogen-bond acceptors (Lipinski definition) is 10. The van der Waals surface area contributed by atoms with E-state index in [1.165, 1.54) is 48.9 Å². The molecule has 0 spiro atoms. The zero-order chi connectivity index (χ0) is 32.9. The second kappa shape index (κ2) is 13.3. The third-order valence-corrected chi connectivity index (χ3v) is 9.01. The summed E-state index contributed by atoms with van der Waals surface area (Å²) >= 11 is 0. The molecule has 2 aromatic heterocycles. The number of ketones is 2. The number of carbonyl (C=O) groups excluding carboxylic acids is 2. The van der Waals surface area contributed by atoms with Crippen LogP contribution in [0.3, 0.4) is 0 Å². The number of allylic oxidation sites excluding steroid dienone is 2. The Morgan fingerprint density at radius 3 is 1.33 bits per heavy atom. The number of furan rings is 2. The van der Waals surface area contributed by atoms with Crippen LogP contribution in [0, 0.1) is 13.8 Å². The van der Waals surface area contributed by atoms with E-state index in [1.54, 1.807) is 62.4 Å². The van der Waals surface area contributed by atoms with Gasteiger partial charge in [-0.1, -0.05) is 35.4 Å². The van der Waals surface area contributed by atoms with Crippen LogP contribution in [-0.4, -0.2) is 28.4 Å². The molecule has 46 heavy (non-hydrogen) atoms. The van der Waals surface area contributed by atoms with Crippen molar-refractivity contribution in [3.8, 4) is 11.5 Å². The molecule has 3 aromatic carbocycles. The van der Waals surface area contributed by atoms with E-state index >= 15 is 0 Å². The summed E-state index contributed by atoms with van der Waals surface area (Å²) in [6, 6.07) is 19.8. The highest BCUT2D eigenvalue weighted by Gasteiger charge is 2.27. The van der Waals surface area contributed by atoms with Gasteiger partial charge in [0.1, 0.15) is 21.3 Å². The highest BCUT2D eigenvalue weighted by Crippen LogP contribution is 2.35. The van der Waals surface area contributed by atoms with Crippen molar-refractivity contribution in [2.75, 3.05) is 0 Å². The van der Waals surface area contributed by atoms with Gasteiger partial charge in [-0.25, -0.2) is 0 Å². The van der Waals surface area contributed by atoms with Gasteiger partial charge in [-0.2, -0.15) is 16.8 Å². The lowest BCUT2D eigenvalue weighted by Gasteiger charge is -2.16. The first kappa shape index (κ1) is 31.9. The van der Waals surface area contributed by atoms with E-state index in [-0.39, 0.29) is 20.9 Å². The monoisotopic (exact) mass is 658 g/mol. The van der Waals surface area contributed by atoms with Crippen molar-refractivity contribution < 1.29 is 43.6 Å². The van der Waals surface area contributed by atoms with Crippen LogP contribution in [0.5, 0.6) is 11.5 Å². The molecule has 0 fully saturated rings. The molecule has 0 aliphatic carbocycles. The van der Waals surface area contributed by atoms with E-state index in [2.05, 4.69) is 0 Å². The summed E-state index contributed by atoms with van der Waals surface area (Å²) in [5, 5.41) is 0. The molecule has 2 heterocycles. The maximum atomic E-state index is 13.5. The fraction of sp³-hybridized carbons (Fsp3) is 0.0588. The first-order chi connectivity index (χ1) is 21.9. The summed E-state index contributed by atoms with van der Waals surface area (Å²) in [7, 11) is -9.09. The Hall–Kier alpha value is -5.46. The number of aryl methyl sites for hydroxylation is 2. The summed E-state index contributed by atoms with van der Waals surface area (Å²) in [5.74, 6) is -2.05. The van der Waals surface area contributed by atoms with Crippen LogP contribution >= 0.6 is 0 Å². The molecule has 0 amide bonds. The molecule has 0 aliphatic heterocycles. The highest BCUT2D eigenvalue weighted by atomic mass is 32.2. The SMILES string of the molecule is Cc1ccc(S(=O)(=O)Oc2cc(OS(=O)(=O)c3ccc(C)cc3)c(C(=O)C=Cc3ccco3)cc2C(=O)C=Cc2ccco2)cc1. The van der Waals surface area contributed by atoms with Gasteiger partial charge in [0.25, 0.3) is 0 Å². The second-order valence-electron chi connectivity index (χ2n) is 9.97. The van der Waals surface area contributed by atoms with Crippen molar-refractivity contribution in [3.63, 3.8) is 0 Å². The van der Waals surface area contributed by atoms with E-state index < -0.39 is 43.3 Å². The Bertz CT molecular complexity index is 1990. The van der Waals surface area contributed by atoms with E-state index in [0.29, 0.717) is 11.5 Å². The van der Waals surface area contributed by atoms with Crippen molar-refractivity contribution in [1.82, 2.24) is 0 Å². The van der Waals surface area contributed by atoms with Crippen molar-refractivity contribution >= 4 is 44.0 Å². The Morgan fingerprint density at radius 1 is 0.587 bits per heavy atom. The van der Waals surface area contributed by atoms with Crippen molar-refractivity contribution in [1.29, 1.82) is 0 Å². The van der Waals surface area contributed by atoms with Crippen molar-refractivity contribution in [3.05, 3.63) is 143 Å². The molecule has 234 valence electrons. The molecule has 5 rings (SSSR count). The molecule has 0 bridgehead atoms. The third-order valence-electron chi connectivity index (χ3n) is 6.52.